The van der Waals surface area contributed by atoms with E-state index in [9.17, 15) is 9.90 Å². The number of rotatable bonds is 8. The van der Waals surface area contributed by atoms with Crippen LogP contribution in [0.5, 0.6) is 0 Å². The number of aliphatic hydroxyl groups is 1. The lowest BCUT2D eigenvalue weighted by Gasteiger charge is -2.28. The summed E-state index contributed by atoms with van der Waals surface area (Å²) in [6.45, 7) is 12.8. The molecule has 0 saturated carbocycles. The highest BCUT2D eigenvalue weighted by atomic mass is 16.3. The van der Waals surface area contributed by atoms with Crippen molar-refractivity contribution in [1.29, 1.82) is 0 Å². The predicted octanol–water partition coefficient (Wildman–Crippen LogP) is 3.91. The zero-order valence-electron chi connectivity index (χ0n) is 16.0. The summed E-state index contributed by atoms with van der Waals surface area (Å²) in [6, 6.07) is 7.95. The number of anilines is 1. The summed E-state index contributed by atoms with van der Waals surface area (Å²) in [6.07, 6.45) is 1.25. The van der Waals surface area contributed by atoms with Gasteiger partial charge < -0.3 is 15.7 Å². The minimum Gasteiger partial charge on any atom is -0.395 e. The number of carbonyl (C=O) groups is 1. The molecule has 4 nitrogen and oxygen atoms in total. The van der Waals surface area contributed by atoms with E-state index in [4.69, 9.17) is 0 Å². The molecular formula is C20H34N2O2. The second-order valence-corrected chi connectivity index (χ2v) is 8.21. The van der Waals surface area contributed by atoms with E-state index in [1.807, 2.05) is 31.2 Å². The molecule has 0 aliphatic rings. The first-order valence-corrected chi connectivity index (χ1v) is 8.88. The molecule has 1 aromatic rings. The third-order valence-electron chi connectivity index (χ3n) is 3.95. The number of para-hydroxylation sites is 1. The van der Waals surface area contributed by atoms with Crippen LogP contribution < -0.4 is 10.6 Å². The lowest BCUT2D eigenvalue weighted by molar-refractivity contribution is -0.116. The summed E-state index contributed by atoms with van der Waals surface area (Å²) >= 11 is 0. The van der Waals surface area contributed by atoms with Crippen molar-refractivity contribution in [2.45, 2.75) is 72.4 Å². The van der Waals surface area contributed by atoms with E-state index in [-0.39, 0.29) is 30.0 Å². The highest BCUT2D eigenvalue weighted by Gasteiger charge is 2.20. The fraction of sp³-hybridized carbons (Fsp3) is 0.650. The van der Waals surface area contributed by atoms with E-state index in [0.717, 1.165) is 17.7 Å². The van der Waals surface area contributed by atoms with Crippen LogP contribution in [0.25, 0.3) is 0 Å². The second-order valence-electron chi connectivity index (χ2n) is 8.21. The molecule has 0 aliphatic carbocycles. The Morgan fingerprint density at radius 1 is 1.17 bits per heavy atom. The van der Waals surface area contributed by atoms with Crippen molar-refractivity contribution in [3.05, 3.63) is 29.8 Å². The molecule has 0 fully saturated rings. The average molecular weight is 335 g/mol. The maximum Gasteiger partial charge on any atom is 0.225 e. The standard InChI is InChI=1S/C20H34N2O2/c1-14(2)17-9-7-8-10-18(17)22-19(24)11-15(3)21-16(13-23)12-20(4,5)6/h7-10,14-16,21,23H,11-13H2,1-6H3,(H,22,24). The average Bonchev–Trinajstić information content (AvgIpc) is 2.45. The van der Waals surface area contributed by atoms with Gasteiger partial charge in [-0.25, -0.2) is 0 Å². The number of benzene rings is 1. The number of carbonyl (C=O) groups excluding carboxylic acids is 1. The van der Waals surface area contributed by atoms with Gasteiger partial charge in [0.1, 0.15) is 0 Å². The molecular weight excluding hydrogens is 300 g/mol. The van der Waals surface area contributed by atoms with Gasteiger partial charge in [0, 0.05) is 24.2 Å². The number of nitrogens with one attached hydrogen (secondary N) is 2. The molecule has 4 heteroatoms. The van der Waals surface area contributed by atoms with E-state index in [1.165, 1.54) is 0 Å². The van der Waals surface area contributed by atoms with Crippen LogP contribution in [0.15, 0.2) is 24.3 Å². The van der Waals surface area contributed by atoms with Crippen LogP contribution in [0.4, 0.5) is 5.69 Å². The molecule has 0 bridgehead atoms. The molecule has 3 N–H and O–H groups in total. The van der Waals surface area contributed by atoms with Gasteiger partial charge >= 0.3 is 0 Å². The van der Waals surface area contributed by atoms with Crippen molar-refractivity contribution in [3.63, 3.8) is 0 Å². The van der Waals surface area contributed by atoms with Crippen molar-refractivity contribution in [1.82, 2.24) is 5.32 Å². The first-order valence-electron chi connectivity index (χ1n) is 8.88. The molecule has 0 aliphatic heterocycles. The van der Waals surface area contributed by atoms with Crippen molar-refractivity contribution >= 4 is 11.6 Å². The van der Waals surface area contributed by atoms with Gasteiger partial charge in [0.25, 0.3) is 0 Å². The Labute approximate surface area is 147 Å². The first-order chi connectivity index (χ1) is 11.1. The quantitative estimate of drug-likeness (QED) is 0.675. The second kappa shape index (κ2) is 9.19. The van der Waals surface area contributed by atoms with Crippen LogP contribution in [-0.4, -0.2) is 29.7 Å². The van der Waals surface area contributed by atoms with Gasteiger partial charge in [0.15, 0.2) is 0 Å². The Balaban J connectivity index is 2.58. The maximum absolute atomic E-state index is 12.3. The molecule has 0 aromatic heterocycles. The van der Waals surface area contributed by atoms with Crippen LogP contribution in [0.3, 0.4) is 0 Å². The van der Waals surface area contributed by atoms with Crippen molar-refractivity contribution in [2.24, 2.45) is 5.41 Å². The molecule has 0 radical (unpaired) electrons. The molecule has 136 valence electrons. The predicted molar refractivity (Wildman–Crippen MR) is 101 cm³/mol. The molecule has 2 unspecified atom stereocenters. The van der Waals surface area contributed by atoms with Crippen molar-refractivity contribution in [3.8, 4) is 0 Å². The third kappa shape index (κ3) is 7.45. The molecule has 24 heavy (non-hydrogen) atoms. The highest BCUT2D eigenvalue weighted by Crippen LogP contribution is 2.24. The van der Waals surface area contributed by atoms with Crippen molar-refractivity contribution < 1.29 is 9.90 Å². The summed E-state index contributed by atoms with van der Waals surface area (Å²) in [5.74, 6) is 0.359. The molecule has 0 saturated heterocycles. The highest BCUT2D eigenvalue weighted by molar-refractivity contribution is 5.91. The summed E-state index contributed by atoms with van der Waals surface area (Å²) in [4.78, 5) is 12.3. The zero-order chi connectivity index (χ0) is 18.3. The van der Waals surface area contributed by atoms with Crippen LogP contribution >= 0.6 is 0 Å². The van der Waals surface area contributed by atoms with Gasteiger partial charge in [-0.2, -0.15) is 0 Å². The Bertz CT molecular complexity index is 521. The van der Waals surface area contributed by atoms with E-state index in [2.05, 4.69) is 45.3 Å². The monoisotopic (exact) mass is 334 g/mol. The largest absolute Gasteiger partial charge is 0.395 e. The Kier molecular flexibility index (Phi) is 7.91. The van der Waals surface area contributed by atoms with Gasteiger partial charge in [-0.15, -0.1) is 0 Å². The number of hydrogen-bond donors (Lipinski definition) is 3. The molecule has 2 atom stereocenters. The van der Waals surface area contributed by atoms with Crippen LogP contribution in [0.2, 0.25) is 0 Å². The minimum absolute atomic E-state index is 0.00412. The van der Waals surface area contributed by atoms with Gasteiger partial charge in [0.05, 0.1) is 6.61 Å². The van der Waals surface area contributed by atoms with Gasteiger partial charge in [-0.1, -0.05) is 52.8 Å². The van der Waals surface area contributed by atoms with E-state index in [0.29, 0.717) is 12.3 Å². The topological polar surface area (TPSA) is 61.4 Å². The first kappa shape index (κ1) is 20.7. The number of hydrogen-bond acceptors (Lipinski definition) is 3. The van der Waals surface area contributed by atoms with E-state index < -0.39 is 0 Å². The van der Waals surface area contributed by atoms with E-state index in [1.54, 1.807) is 0 Å². The zero-order valence-corrected chi connectivity index (χ0v) is 16.0. The fourth-order valence-electron chi connectivity index (χ4n) is 2.97. The van der Waals surface area contributed by atoms with E-state index >= 15 is 0 Å². The third-order valence-corrected chi connectivity index (χ3v) is 3.95. The number of aliphatic hydroxyl groups excluding tert-OH is 1. The lowest BCUT2D eigenvalue weighted by Crippen LogP contribution is -2.42. The molecule has 0 heterocycles. The van der Waals surface area contributed by atoms with Gasteiger partial charge in [0.2, 0.25) is 5.91 Å². The molecule has 1 rings (SSSR count). The molecule has 1 amide bonds. The Morgan fingerprint density at radius 2 is 1.79 bits per heavy atom. The molecule has 0 spiro atoms. The summed E-state index contributed by atoms with van der Waals surface area (Å²) < 4.78 is 0. The SMILES string of the molecule is CC(CC(=O)Nc1ccccc1C(C)C)NC(CO)CC(C)(C)C. The van der Waals surface area contributed by atoms with Crippen LogP contribution in [0.1, 0.15) is 65.9 Å². The fourth-order valence-corrected chi connectivity index (χ4v) is 2.97. The Morgan fingerprint density at radius 3 is 2.33 bits per heavy atom. The Hall–Kier alpha value is -1.39. The lowest BCUT2D eigenvalue weighted by atomic mass is 9.88. The van der Waals surface area contributed by atoms with Crippen LogP contribution in [-0.2, 0) is 4.79 Å². The number of amides is 1. The summed E-state index contributed by atoms with van der Waals surface area (Å²) in [5, 5.41) is 15.9. The van der Waals surface area contributed by atoms with Gasteiger partial charge in [-0.3, -0.25) is 4.79 Å². The van der Waals surface area contributed by atoms with Gasteiger partial charge in [-0.05, 0) is 36.3 Å². The molecule has 1 aromatic carbocycles. The summed E-state index contributed by atoms with van der Waals surface area (Å²) in [5.41, 5.74) is 2.17. The van der Waals surface area contributed by atoms with Crippen molar-refractivity contribution in [2.75, 3.05) is 11.9 Å². The smallest absolute Gasteiger partial charge is 0.225 e. The normalized spacial score (nSPS) is 14.5. The minimum atomic E-state index is -0.00412. The van der Waals surface area contributed by atoms with Crippen LogP contribution in [0, 0.1) is 5.41 Å². The maximum atomic E-state index is 12.3. The summed E-state index contributed by atoms with van der Waals surface area (Å²) in [7, 11) is 0.